The van der Waals surface area contributed by atoms with Gasteiger partial charge in [-0.25, -0.2) is 14.2 Å². The van der Waals surface area contributed by atoms with Crippen LogP contribution in [0.5, 0.6) is 0 Å². The van der Waals surface area contributed by atoms with E-state index in [1.165, 1.54) is 11.3 Å². The lowest BCUT2D eigenvalue weighted by Crippen LogP contribution is -2.21. The third-order valence-corrected chi connectivity index (χ3v) is 5.62. The summed E-state index contributed by atoms with van der Waals surface area (Å²) in [6, 6.07) is 8.01. The second-order valence-corrected chi connectivity index (χ2v) is 7.93. The van der Waals surface area contributed by atoms with Gasteiger partial charge in [-0.2, -0.15) is 5.10 Å². The molecule has 0 bridgehead atoms. The van der Waals surface area contributed by atoms with Crippen LogP contribution < -0.4 is 5.32 Å². The van der Waals surface area contributed by atoms with Gasteiger partial charge >= 0.3 is 5.97 Å². The van der Waals surface area contributed by atoms with Gasteiger partial charge in [0.1, 0.15) is 5.82 Å². The Morgan fingerprint density at radius 2 is 2.09 bits per heavy atom. The molecular weight excluding hydrogens is 453 g/mol. The number of amides is 1. The molecule has 0 radical (unpaired) electrons. The van der Waals surface area contributed by atoms with Crippen LogP contribution in [0.2, 0.25) is 0 Å². The number of carbonyl (C=O) groups is 2. The van der Waals surface area contributed by atoms with Crippen molar-refractivity contribution >= 4 is 45.6 Å². The van der Waals surface area contributed by atoms with Gasteiger partial charge in [0, 0.05) is 19.2 Å². The minimum atomic E-state index is -0.859. The van der Waals surface area contributed by atoms with Crippen LogP contribution in [0.25, 0.3) is 21.6 Å². The molecule has 0 unspecified atom stereocenters. The molecule has 12 heteroatoms. The number of hydrogen-bond donors (Lipinski definition) is 1. The van der Waals surface area contributed by atoms with Crippen molar-refractivity contribution in [2.75, 3.05) is 11.9 Å². The number of esters is 1. The standard InChI is InChI=1S/C21H16FN5O5S/c1-11-19-13(9-16(17-4-3-7-33-17)24-20(19)26(2)25-11)21(29)32-10-18(28)23-15-8-12(27(30)31)5-6-14(15)22/h3-9H,10H2,1-2H3,(H,23,28). The van der Waals surface area contributed by atoms with Gasteiger partial charge in [0.15, 0.2) is 12.3 Å². The van der Waals surface area contributed by atoms with Crippen molar-refractivity contribution in [3.8, 4) is 10.6 Å². The number of pyridine rings is 1. The minimum Gasteiger partial charge on any atom is -0.452 e. The number of rotatable bonds is 6. The number of halogens is 1. The topological polar surface area (TPSA) is 129 Å². The number of nitrogens with zero attached hydrogens (tertiary/aromatic N) is 4. The summed E-state index contributed by atoms with van der Waals surface area (Å²) in [5.74, 6) is -2.50. The van der Waals surface area contributed by atoms with Gasteiger partial charge in [0.25, 0.3) is 11.6 Å². The largest absolute Gasteiger partial charge is 0.452 e. The number of aromatic nitrogens is 3. The van der Waals surface area contributed by atoms with Crippen molar-refractivity contribution in [3.05, 3.63) is 69.0 Å². The first-order valence-electron chi connectivity index (χ1n) is 9.53. The number of fused-ring (bicyclic) bond motifs is 1. The minimum absolute atomic E-state index is 0.184. The van der Waals surface area contributed by atoms with Crippen LogP contribution in [0.4, 0.5) is 15.8 Å². The lowest BCUT2D eigenvalue weighted by atomic mass is 10.1. The molecule has 0 saturated heterocycles. The highest BCUT2D eigenvalue weighted by Gasteiger charge is 2.22. The Bertz CT molecular complexity index is 1400. The first-order chi connectivity index (χ1) is 15.7. The average molecular weight is 469 g/mol. The van der Waals surface area contributed by atoms with E-state index in [1.54, 1.807) is 24.7 Å². The first kappa shape index (κ1) is 22.0. The molecular formula is C21H16FN5O5S. The predicted molar refractivity (Wildman–Crippen MR) is 119 cm³/mol. The zero-order valence-corrected chi connectivity index (χ0v) is 18.2. The Labute approximate surface area is 189 Å². The quantitative estimate of drug-likeness (QED) is 0.258. The molecule has 0 fully saturated rings. The van der Waals surface area contributed by atoms with Gasteiger partial charge < -0.3 is 10.1 Å². The number of benzene rings is 1. The highest BCUT2D eigenvalue weighted by molar-refractivity contribution is 7.13. The van der Waals surface area contributed by atoms with Crippen LogP contribution in [-0.4, -0.2) is 38.2 Å². The van der Waals surface area contributed by atoms with Crippen molar-refractivity contribution in [1.82, 2.24) is 14.8 Å². The Morgan fingerprint density at radius 3 is 2.79 bits per heavy atom. The molecule has 1 aromatic carbocycles. The lowest BCUT2D eigenvalue weighted by Gasteiger charge is -2.09. The molecule has 0 aliphatic heterocycles. The van der Waals surface area contributed by atoms with Crippen LogP contribution in [-0.2, 0) is 16.6 Å². The van der Waals surface area contributed by atoms with E-state index in [2.05, 4.69) is 15.4 Å². The first-order valence-corrected chi connectivity index (χ1v) is 10.4. The maximum atomic E-state index is 13.9. The number of hydrogen-bond acceptors (Lipinski definition) is 8. The number of non-ortho nitro benzene ring substituents is 1. The number of ether oxygens (including phenoxy) is 1. The van der Waals surface area contributed by atoms with Crippen molar-refractivity contribution in [1.29, 1.82) is 0 Å². The van der Waals surface area contributed by atoms with Gasteiger partial charge in [-0.1, -0.05) is 6.07 Å². The highest BCUT2D eigenvalue weighted by atomic mass is 32.1. The van der Waals surface area contributed by atoms with E-state index in [9.17, 15) is 24.1 Å². The second-order valence-electron chi connectivity index (χ2n) is 6.99. The fourth-order valence-electron chi connectivity index (χ4n) is 3.27. The van der Waals surface area contributed by atoms with Crippen molar-refractivity contribution in [2.45, 2.75) is 6.92 Å². The molecule has 3 heterocycles. The maximum Gasteiger partial charge on any atom is 0.339 e. The maximum absolute atomic E-state index is 13.9. The smallest absolute Gasteiger partial charge is 0.339 e. The molecule has 0 aliphatic carbocycles. The summed E-state index contributed by atoms with van der Waals surface area (Å²) in [5.41, 5.74) is 0.996. The second kappa shape index (κ2) is 8.74. The van der Waals surface area contributed by atoms with E-state index in [4.69, 9.17) is 4.74 Å². The number of carbonyl (C=O) groups excluding carboxylic acids is 2. The Balaban J connectivity index is 1.56. The molecule has 0 atom stereocenters. The molecule has 33 heavy (non-hydrogen) atoms. The van der Waals surface area contributed by atoms with Crippen LogP contribution in [0, 0.1) is 22.9 Å². The van der Waals surface area contributed by atoms with Crippen LogP contribution in [0.3, 0.4) is 0 Å². The van der Waals surface area contributed by atoms with Gasteiger partial charge in [-0.3, -0.25) is 19.6 Å². The summed E-state index contributed by atoms with van der Waals surface area (Å²) in [6.45, 7) is 1.00. The monoisotopic (exact) mass is 469 g/mol. The zero-order valence-electron chi connectivity index (χ0n) is 17.4. The van der Waals surface area contributed by atoms with E-state index >= 15 is 0 Å². The Kier molecular flexibility index (Phi) is 5.84. The molecule has 3 aromatic heterocycles. The molecule has 0 saturated carbocycles. The molecule has 168 valence electrons. The average Bonchev–Trinajstić information content (AvgIpc) is 3.41. The third-order valence-electron chi connectivity index (χ3n) is 4.73. The van der Waals surface area contributed by atoms with Crippen molar-refractivity contribution in [3.63, 3.8) is 0 Å². The summed E-state index contributed by atoms with van der Waals surface area (Å²) in [7, 11) is 1.71. The Hall–Kier alpha value is -4.19. The molecule has 4 rings (SSSR count). The number of thiophene rings is 1. The van der Waals surface area contributed by atoms with E-state index in [-0.39, 0.29) is 11.3 Å². The fourth-order valence-corrected chi connectivity index (χ4v) is 3.96. The summed E-state index contributed by atoms with van der Waals surface area (Å²) in [5, 5.41) is 19.7. The van der Waals surface area contributed by atoms with E-state index < -0.39 is 34.9 Å². The summed E-state index contributed by atoms with van der Waals surface area (Å²) < 4.78 is 20.6. The van der Waals surface area contributed by atoms with E-state index in [0.717, 1.165) is 23.1 Å². The normalized spacial score (nSPS) is 10.9. The lowest BCUT2D eigenvalue weighted by molar-refractivity contribution is -0.384. The summed E-state index contributed by atoms with van der Waals surface area (Å²) in [4.78, 5) is 40.7. The van der Waals surface area contributed by atoms with Crippen LogP contribution in [0.1, 0.15) is 16.1 Å². The summed E-state index contributed by atoms with van der Waals surface area (Å²) >= 11 is 1.45. The number of nitrogens with one attached hydrogen (secondary N) is 1. The number of nitro benzene ring substituents is 1. The van der Waals surface area contributed by atoms with Gasteiger partial charge in [0.2, 0.25) is 0 Å². The van der Waals surface area contributed by atoms with Crippen LogP contribution >= 0.6 is 11.3 Å². The summed E-state index contributed by atoms with van der Waals surface area (Å²) in [6.07, 6.45) is 0. The molecule has 0 spiro atoms. The number of aryl methyl sites for hydroxylation is 2. The van der Waals surface area contributed by atoms with Gasteiger partial charge in [0.05, 0.1) is 37.8 Å². The van der Waals surface area contributed by atoms with Gasteiger partial charge in [-0.15, -0.1) is 11.3 Å². The Morgan fingerprint density at radius 1 is 1.30 bits per heavy atom. The predicted octanol–water partition coefficient (Wildman–Crippen LogP) is 3.85. The highest BCUT2D eigenvalue weighted by Crippen LogP contribution is 2.29. The van der Waals surface area contributed by atoms with E-state index in [0.29, 0.717) is 22.4 Å². The molecule has 0 aliphatic rings. The number of anilines is 1. The third kappa shape index (κ3) is 4.41. The van der Waals surface area contributed by atoms with Crippen molar-refractivity contribution in [2.24, 2.45) is 7.05 Å². The molecule has 10 nitrogen and oxygen atoms in total. The molecule has 1 amide bonds. The van der Waals surface area contributed by atoms with E-state index in [1.807, 2.05) is 17.5 Å². The zero-order chi connectivity index (χ0) is 23.7. The molecule has 1 N–H and O–H groups in total. The van der Waals surface area contributed by atoms with Crippen molar-refractivity contribution < 1.29 is 23.6 Å². The SMILES string of the molecule is Cc1nn(C)c2nc(-c3cccs3)cc(C(=O)OCC(=O)Nc3cc([N+](=O)[O-])ccc3F)c12. The fraction of sp³-hybridized carbons (Fsp3) is 0.143. The van der Waals surface area contributed by atoms with Gasteiger partial charge in [-0.05, 0) is 30.5 Å². The number of nitro groups is 1. The van der Waals surface area contributed by atoms with Crippen LogP contribution in [0.15, 0.2) is 41.8 Å². The molecule has 4 aromatic rings.